The van der Waals surface area contributed by atoms with Gasteiger partial charge in [-0.15, -0.1) is 22.7 Å². The van der Waals surface area contributed by atoms with Crippen molar-refractivity contribution in [3.05, 3.63) is 105 Å². The first-order valence-corrected chi connectivity index (χ1v) is 17.3. The number of ketones is 1. The molecule has 0 spiro atoms. The fourth-order valence-electron chi connectivity index (χ4n) is 5.20. The van der Waals surface area contributed by atoms with Crippen LogP contribution < -0.4 is 10.6 Å². The third-order valence-electron chi connectivity index (χ3n) is 7.58. The molecule has 2 aromatic heterocycles. The SMILES string of the molecule is CN(Cc1cncs1)C(=O)N[C@@H](CCO)C(=O)C[C@H](CC[C@H](Cc1ccccc1)NC(=O)OCc1cncs1)Cc1ccccc1.[B]F. The van der Waals surface area contributed by atoms with Crippen molar-refractivity contribution in [2.45, 2.75) is 63.8 Å². The molecule has 48 heavy (non-hydrogen) atoms. The highest BCUT2D eigenvalue weighted by atomic mass is 32.1. The number of carbonyl (C=O) groups excluding carboxylic acids is 3. The fraction of sp³-hybridized carbons (Fsp3) is 0.382. The van der Waals surface area contributed by atoms with Gasteiger partial charge in [0, 0.05) is 43.4 Å². The van der Waals surface area contributed by atoms with Gasteiger partial charge in [-0.05, 0) is 49.1 Å². The number of alkyl carbamates (subject to hydrolysis) is 1. The summed E-state index contributed by atoms with van der Waals surface area (Å²) in [6.07, 6.45) is 5.76. The Morgan fingerprint density at radius 1 is 0.875 bits per heavy atom. The highest BCUT2D eigenvalue weighted by Crippen LogP contribution is 2.22. The van der Waals surface area contributed by atoms with Gasteiger partial charge in [-0.2, -0.15) is 0 Å². The normalized spacial score (nSPS) is 12.5. The van der Waals surface area contributed by atoms with Crippen LogP contribution >= 0.6 is 22.7 Å². The summed E-state index contributed by atoms with van der Waals surface area (Å²) in [4.78, 5) is 50.8. The van der Waals surface area contributed by atoms with E-state index < -0.39 is 12.1 Å². The van der Waals surface area contributed by atoms with Gasteiger partial charge in [-0.25, -0.2) is 9.59 Å². The Bertz CT molecular complexity index is 1470. The van der Waals surface area contributed by atoms with E-state index in [9.17, 15) is 19.5 Å². The summed E-state index contributed by atoms with van der Waals surface area (Å²) in [6, 6.07) is 18.5. The smallest absolute Gasteiger partial charge is 0.407 e. The molecular formula is C34H41BFN5O5S2. The molecule has 0 saturated carbocycles. The second-order valence-electron chi connectivity index (χ2n) is 11.2. The number of aliphatic hydroxyl groups excluding tert-OH is 1. The van der Waals surface area contributed by atoms with E-state index in [0.29, 0.717) is 32.2 Å². The Hall–Kier alpha value is -4.14. The van der Waals surface area contributed by atoms with Crippen LogP contribution in [0.5, 0.6) is 0 Å². The van der Waals surface area contributed by atoms with Crippen molar-refractivity contribution in [3.63, 3.8) is 0 Å². The van der Waals surface area contributed by atoms with E-state index in [1.165, 1.54) is 27.6 Å². The van der Waals surface area contributed by atoms with Crippen molar-refractivity contribution in [3.8, 4) is 0 Å². The number of urea groups is 1. The number of benzene rings is 2. The van der Waals surface area contributed by atoms with E-state index in [4.69, 9.17) is 9.05 Å². The molecule has 14 heteroatoms. The van der Waals surface area contributed by atoms with Crippen molar-refractivity contribution >= 4 is 48.7 Å². The van der Waals surface area contributed by atoms with Gasteiger partial charge in [0.25, 0.3) is 0 Å². The molecule has 2 heterocycles. The van der Waals surface area contributed by atoms with Gasteiger partial charge in [0.15, 0.2) is 5.78 Å². The van der Waals surface area contributed by atoms with Crippen LogP contribution in [0.2, 0.25) is 0 Å². The van der Waals surface area contributed by atoms with Crippen molar-refractivity contribution in [2.24, 2.45) is 5.92 Å². The zero-order valence-corrected chi connectivity index (χ0v) is 28.5. The minimum Gasteiger partial charge on any atom is -0.444 e. The van der Waals surface area contributed by atoms with Crippen LogP contribution in [0, 0.1) is 5.92 Å². The average Bonchev–Trinajstić information content (AvgIpc) is 3.83. The molecule has 3 N–H and O–H groups in total. The van der Waals surface area contributed by atoms with Crippen molar-refractivity contribution in [1.29, 1.82) is 0 Å². The molecule has 0 aliphatic carbocycles. The standard InChI is InChI=1S/C34H41N5O5S2.BF/c1-39(21-29-19-35-23-45-29)33(42)38-31(14-15-40)32(41)18-27(16-25-8-4-2-5-9-25)12-13-28(17-26-10-6-3-7-11-26)37-34(43)44-22-30-20-36-24-46-30;1-2/h2-11,19-20,23-24,27-28,31,40H,12-18,21-22H2,1H3,(H,37,43)(H,38,42);/t27-,28-,31+;/m1./s1. The maximum Gasteiger partial charge on any atom is 0.407 e. The first-order valence-electron chi connectivity index (χ1n) is 15.5. The van der Waals surface area contributed by atoms with E-state index in [2.05, 4.69) is 28.7 Å². The van der Waals surface area contributed by atoms with Gasteiger partial charge in [0.2, 0.25) is 0 Å². The van der Waals surface area contributed by atoms with Gasteiger partial charge >= 0.3 is 20.2 Å². The summed E-state index contributed by atoms with van der Waals surface area (Å²) in [5, 5.41) is 15.6. The number of Topliss-reactive ketones (excluding diaryl/α,β-unsaturated/α-hetero) is 1. The number of hydrogen-bond acceptors (Lipinski definition) is 9. The quantitative estimate of drug-likeness (QED) is 0.115. The molecule has 2 aromatic carbocycles. The number of rotatable bonds is 18. The number of carbonyl (C=O) groups is 3. The maximum absolute atomic E-state index is 13.7. The number of nitrogens with zero attached hydrogens (tertiary/aromatic N) is 3. The van der Waals surface area contributed by atoms with Crippen molar-refractivity contribution < 1.29 is 28.5 Å². The summed E-state index contributed by atoms with van der Waals surface area (Å²) in [5.74, 6) is -0.192. The molecule has 0 bridgehead atoms. The van der Waals surface area contributed by atoms with Crippen LogP contribution in [-0.2, 0) is 35.5 Å². The average molecular weight is 694 g/mol. The Kier molecular flexibility index (Phi) is 17.3. The minimum atomic E-state index is -0.820. The number of thiazole rings is 2. The van der Waals surface area contributed by atoms with Crippen LogP contribution in [-0.4, -0.2) is 71.7 Å². The fourth-order valence-corrected chi connectivity index (χ4v) is 6.35. The Balaban J connectivity index is 0.00000307. The van der Waals surface area contributed by atoms with Crippen LogP contribution in [0.15, 0.2) is 84.1 Å². The van der Waals surface area contributed by atoms with Crippen molar-refractivity contribution in [2.75, 3.05) is 13.7 Å². The van der Waals surface area contributed by atoms with E-state index >= 15 is 0 Å². The third kappa shape index (κ3) is 13.9. The molecule has 254 valence electrons. The van der Waals surface area contributed by atoms with Crippen LogP contribution in [0.4, 0.5) is 13.9 Å². The molecule has 3 atom stereocenters. The Labute approximate surface area is 290 Å². The largest absolute Gasteiger partial charge is 0.444 e. The number of amides is 3. The number of aliphatic hydroxyl groups is 1. The zero-order chi connectivity index (χ0) is 34.6. The van der Waals surface area contributed by atoms with E-state index in [0.717, 1.165) is 20.9 Å². The van der Waals surface area contributed by atoms with E-state index in [1.54, 1.807) is 30.5 Å². The zero-order valence-electron chi connectivity index (χ0n) is 26.9. The van der Waals surface area contributed by atoms with Gasteiger partial charge in [0.05, 0.1) is 28.5 Å². The summed E-state index contributed by atoms with van der Waals surface area (Å²) in [5.41, 5.74) is 5.58. The second kappa shape index (κ2) is 21.7. The summed E-state index contributed by atoms with van der Waals surface area (Å²) in [6.45, 7) is 0.290. The molecular weight excluding hydrogens is 652 g/mol. The molecule has 2 radical (unpaired) electrons. The lowest BCUT2D eigenvalue weighted by atomic mass is 9.86. The summed E-state index contributed by atoms with van der Waals surface area (Å²) >= 11 is 2.87. The lowest BCUT2D eigenvalue weighted by Crippen LogP contribution is -2.47. The van der Waals surface area contributed by atoms with E-state index in [-0.39, 0.29) is 49.8 Å². The topological polar surface area (TPSA) is 134 Å². The maximum atomic E-state index is 13.7. The first-order chi connectivity index (χ1) is 23.4. The Morgan fingerprint density at radius 3 is 2.06 bits per heavy atom. The van der Waals surface area contributed by atoms with Crippen LogP contribution in [0.1, 0.15) is 46.6 Å². The minimum absolute atomic E-state index is 0.0591. The molecule has 0 unspecified atom stereocenters. The van der Waals surface area contributed by atoms with Gasteiger partial charge in [-0.3, -0.25) is 14.8 Å². The highest BCUT2D eigenvalue weighted by Gasteiger charge is 2.26. The second-order valence-corrected chi connectivity index (χ2v) is 13.2. The number of nitrogens with one attached hydrogen (secondary N) is 2. The number of hydrogen-bond donors (Lipinski definition) is 3. The molecule has 0 aliphatic heterocycles. The van der Waals surface area contributed by atoms with Gasteiger partial charge in [-0.1, -0.05) is 60.7 Å². The number of ether oxygens (including phenoxy) is 1. The molecule has 4 rings (SSSR count). The number of halogens is 1. The monoisotopic (exact) mass is 693 g/mol. The predicted octanol–water partition coefficient (Wildman–Crippen LogP) is 5.67. The van der Waals surface area contributed by atoms with E-state index in [1.807, 2.05) is 60.7 Å². The summed E-state index contributed by atoms with van der Waals surface area (Å²) < 4.78 is 14.5. The van der Waals surface area contributed by atoms with Gasteiger partial charge in [0.1, 0.15) is 6.61 Å². The molecule has 3 amide bonds. The predicted molar refractivity (Wildman–Crippen MR) is 186 cm³/mol. The van der Waals surface area contributed by atoms with Crippen molar-refractivity contribution in [1.82, 2.24) is 25.5 Å². The lowest BCUT2D eigenvalue weighted by Gasteiger charge is -2.25. The Morgan fingerprint density at radius 2 is 1.48 bits per heavy atom. The van der Waals surface area contributed by atoms with Crippen LogP contribution in [0.25, 0.3) is 0 Å². The lowest BCUT2D eigenvalue weighted by molar-refractivity contribution is -0.122. The third-order valence-corrected chi connectivity index (χ3v) is 9.10. The molecule has 4 aromatic rings. The molecule has 0 saturated heterocycles. The summed E-state index contributed by atoms with van der Waals surface area (Å²) in [7, 11) is 4.66. The van der Waals surface area contributed by atoms with Gasteiger partial charge < -0.3 is 29.7 Å². The first kappa shape index (κ1) is 38.3. The molecule has 0 fully saturated rings. The number of aromatic nitrogens is 2. The molecule has 10 nitrogen and oxygen atoms in total. The molecule has 0 aliphatic rings. The highest BCUT2D eigenvalue weighted by molar-refractivity contribution is 7.09. The van der Waals surface area contributed by atoms with Crippen LogP contribution in [0.3, 0.4) is 0 Å².